The Morgan fingerprint density at radius 3 is 2.71 bits per heavy atom. The Bertz CT molecular complexity index is 537. The summed E-state index contributed by atoms with van der Waals surface area (Å²) in [6, 6.07) is 6.83. The van der Waals surface area contributed by atoms with Gasteiger partial charge in [-0.25, -0.2) is 0 Å². The first-order chi connectivity index (χ1) is 11.1. The first kappa shape index (κ1) is 21.0. The summed E-state index contributed by atoms with van der Waals surface area (Å²) in [5.74, 6) is 2.50. The molecule has 1 saturated carbocycles. The normalized spacial score (nSPS) is 19.4. The van der Waals surface area contributed by atoms with E-state index in [2.05, 4.69) is 47.7 Å². The fourth-order valence-corrected chi connectivity index (χ4v) is 2.37. The predicted molar refractivity (Wildman–Crippen MR) is 109 cm³/mol. The van der Waals surface area contributed by atoms with Crippen molar-refractivity contribution < 1.29 is 9.47 Å². The van der Waals surface area contributed by atoms with Crippen LogP contribution in [0, 0.1) is 12.8 Å². The van der Waals surface area contributed by atoms with E-state index >= 15 is 0 Å². The molecule has 0 heterocycles. The van der Waals surface area contributed by atoms with Gasteiger partial charge in [-0.05, 0) is 37.8 Å². The van der Waals surface area contributed by atoms with Gasteiger partial charge in [0.05, 0.1) is 6.61 Å². The summed E-state index contributed by atoms with van der Waals surface area (Å²) in [6.45, 7) is 8.88. The molecule has 0 aliphatic heterocycles. The zero-order chi connectivity index (χ0) is 16.7. The Morgan fingerprint density at radius 1 is 1.33 bits per heavy atom. The third kappa shape index (κ3) is 6.84. The number of aryl methyl sites for hydroxylation is 1. The van der Waals surface area contributed by atoms with Crippen LogP contribution in [0.4, 0.5) is 0 Å². The molecular formula is C18H30IN3O2. The summed E-state index contributed by atoms with van der Waals surface area (Å²) < 4.78 is 11.2. The number of halogens is 1. The van der Waals surface area contributed by atoms with Crippen LogP contribution in [0.15, 0.2) is 23.2 Å². The Hall–Kier alpha value is -1.02. The van der Waals surface area contributed by atoms with Crippen molar-refractivity contribution in [2.24, 2.45) is 10.9 Å². The molecule has 0 amide bonds. The van der Waals surface area contributed by atoms with Crippen molar-refractivity contribution in [1.29, 1.82) is 0 Å². The standard InChI is InChI=1S/C18H29N3O2.HI/c1-5-22-8-9-23-17-10-13(2)6-7-15(17)12-20-18(19-4)21-16-11-14(16)3;/h6-7,10,14,16H,5,8-9,11-12H2,1-4H3,(H2,19,20,21);1H. The quantitative estimate of drug-likeness (QED) is 0.278. The van der Waals surface area contributed by atoms with Gasteiger partial charge in [0.2, 0.25) is 0 Å². The molecule has 1 aliphatic carbocycles. The van der Waals surface area contributed by atoms with Crippen LogP contribution in [-0.2, 0) is 11.3 Å². The van der Waals surface area contributed by atoms with Crippen molar-refractivity contribution in [3.63, 3.8) is 0 Å². The number of hydrogen-bond donors (Lipinski definition) is 2. The first-order valence-corrected chi connectivity index (χ1v) is 8.41. The van der Waals surface area contributed by atoms with Crippen LogP contribution in [0.1, 0.15) is 31.4 Å². The lowest BCUT2D eigenvalue weighted by atomic mass is 10.1. The summed E-state index contributed by atoms with van der Waals surface area (Å²) in [4.78, 5) is 4.29. The van der Waals surface area contributed by atoms with Crippen molar-refractivity contribution in [1.82, 2.24) is 10.6 Å². The Kier molecular flexibility index (Phi) is 9.43. The second kappa shape index (κ2) is 10.8. The molecule has 136 valence electrons. The van der Waals surface area contributed by atoms with E-state index in [-0.39, 0.29) is 24.0 Å². The van der Waals surface area contributed by atoms with Crippen molar-refractivity contribution in [2.75, 3.05) is 26.9 Å². The molecular weight excluding hydrogens is 417 g/mol. The Labute approximate surface area is 162 Å². The Morgan fingerprint density at radius 2 is 2.08 bits per heavy atom. The van der Waals surface area contributed by atoms with Crippen LogP contribution in [0.2, 0.25) is 0 Å². The molecule has 2 rings (SSSR count). The third-order valence-electron chi connectivity index (χ3n) is 4.01. The number of nitrogens with zero attached hydrogens (tertiary/aromatic N) is 1. The maximum atomic E-state index is 5.87. The van der Waals surface area contributed by atoms with Gasteiger partial charge in [-0.3, -0.25) is 4.99 Å². The van der Waals surface area contributed by atoms with Crippen molar-refractivity contribution in [3.05, 3.63) is 29.3 Å². The molecule has 0 saturated heterocycles. The van der Waals surface area contributed by atoms with Gasteiger partial charge in [-0.15, -0.1) is 24.0 Å². The van der Waals surface area contributed by atoms with Crippen LogP contribution in [0.5, 0.6) is 5.75 Å². The second-order valence-electron chi connectivity index (χ2n) is 6.05. The van der Waals surface area contributed by atoms with E-state index in [0.717, 1.165) is 23.2 Å². The van der Waals surface area contributed by atoms with Gasteiger partial charge < -0.3 is 20.1 Å². The van der Waals surface area contributed by atoms with Gasteiger partial charge in [-0.1, -0.05) is 19.1 Å². The number of rotatable bonds is 8. The number of ether oxygens (including phenoxy) is 2. The highest BCUT2D eigenvalue weighted by Gasteiger charge is 2.33. The van der Waals surface area contributed by atoms with E-state index in [1.165, 1.54) is 12.0 Å². The van der Waals surface area contributed by atoms with Gasteiger partial charge in [0.1, 0.15) is 12.4 Å². The van der Waals surface area contributed by atoms with Gasteiger partial charge in [0.15, 0.2) is 5.96 Å². The molecule has 0 radical (unpaired) electrons. The average Bonchev–Trinajstić information content (AvgIpc) is 3.24. The summed E-state index contributed by atoms with van der Waals surface area (Å²) in [5, 5.41) is 6.80. The monoisotopic (exact) mass is 447 g/mol. The molecule has 6 heteroatoms. The van der Waals surface area contributed by atoms with E-state index in [9.17, 15) is 0 Å². The van der Waals surface area contributed by atoms with Crippen LogP contribution in [0.25, 0.3) is 0 Å². The maximum Gasteiger partial charge on any atom is 0.191 e. The molecule has 24 heavy (non-hydrogen) atoms. The van der Waals surface area contributed by atoms with Crippen LogP contribution < -0.4 is 15.4 Å². The largest absolute Gasteiger partial charge is 0.491 e. The fourth-order valence-electron chi connectivity index (χ4n) is 2.37. The topological polar surface area (TPSA) is 54.9 Å². The SMILES string of the molecule is CCOCCOc1cc(C)ccc1CNC(=NC)NC1CC1C.I. The molecule has 1 aliphatic rings. The number of aliphatic imine (C=N–C) groups is 1. The second-order valence-corrected chi connectivity index (χ2v) is 6.05. The van der Waals surface area contributed by atoms with E-state index in [1.54, 1.807) is 7.05 Å². The van der Waals surface area contributed by atoms with Crippen molar-refractivity contribution in [3.8, 4) is 5.75 Å². The highest BCUT2D eigenvalue weighted by molar-refractivity contribution is 14.0. The van der Waals surface area contributed by atoms with Crippen molar-refractivity contribution in [2.45, 2.75) is 39.8 Å². The Balaban J connectivity index is 0.00000288. The van der Waals surface area contributed by atoms with E-state index < -0.39 is 0 Å². The summed E-state index contributed by atoms with van der Waals surface area (Å²) in [7, 11) is 1.80. The van der Waals surface area contributed by atoms with Gasteiger partial charge in [0, 0.05) is 31.8 Å². The predicted octanol–water partition coefficient (Wildman–Crippen LogP) is 3.10. The number of hydrogen-bond acceptors (Lipinski definition) is 3. The molecule has 1 fully saturated rings. The van der Waals surface area contributed by atoms with E-state index in [4.69, 9.17) is 9.47 Å². The van der Waals surface area contributed by atoms with E-state index in [0.29, 0.717) is 32.4 Å². The molecule has 0 spiro atoms. The lowest BCUT2D eigenvalue weighted by Gasteiger charge is -2.15. The van der Waals surface area contributed by atoms with Gasteiger partial charge in [-0.2, -0.15) is 0 Å². The number of nitrogens with one attached hydrogen (secondary N) is 2. The fraction of sp³-hybridized carbons (Fsp3) is 0.611. The lowest BCUT2D eigenvalue weighted by Crippen LogP contribution is -2.38. The van der Waals surface area contributed by atoms with Crippen LogP contribution in [0.3, 0.4) is 0 Å². The molecule has 0 bridgehead atoms. The molecule has 1 aromatic carbocycles. The first-order valence-electron chi connectivity index (χ1n) is 8.41. The number of benzene rings is 1. The molecule has 1 aromatic rings. The highest BCUT2D eigenvalue weighted by Crippen LogP contribution is 2.28. The molecule has 2 unspecified atom stereocenters. The number of guanidine groups is 1. The summed E-state index contributed by atoms with van der Waals surface area (Å²) >= 11 is 0. The minimum absolute atomic E-state index is 0. The molecule has 5 nitrogen and oxygen atoms in total. The minimum atomic E-state index is 0. The maximum absolute atomic E-state index is 5.87. The molecule has 2 atom stereocenters. The summed E-state index contributed by atoms with van der Waals surface area (Å²) in [5.41, 5.74) is 2.31. The molecule has 0 aromatic heterocycles. The summed E-state index contributed by atoms with van der Waals surface area (Å²) in [6.07, 6.45) is 1.22. The van der Waals surface area contributed by atoms with Gasteiger partial charge >= 0.3 is 0 Å². The van der Waals surface area contributed by atoms with Crippen LogP contribution in [-0.4, -0.2) is 38.9 Å². The zero-order valence-electron chi connectivity index (χ0n) is 15.1. The average molecular weight is 447 g/mol. The van der Waals surface area contributed by atoms with Crippen molar-refractivity contribution >= 4 is 29.9 Å². The van der Waals surface area contributed by atoms with Crippen LogP contribution >= 0.6 is 24.0 Å². The third-order valence-corrected chi connectivity index (χ3v) is 4.01. The smallest absolute Gasteiger partial charge is 0.191 e. The lowest BCUT2D eigenvalue weighted by molar-refractivity contribution is 0.110. The molecule has 2 N–H and O–H groups in total. The zero-order valence-corrected chi connectivity index (χ0v) is 17.4. The highest BCUT2D eigenvalue weighted by atomic mass is 127. The van der Waals surface area contributed by atoms with Gasteiger partial charge in [0.25, 0.3) is 0 Å². The van der Waals surface area contributed by atoms with E-state index in [1.807, 2.05) is 6.92 Å². The minimum Gasteiger partial charge on any atom is -0.491 e.